The highest BCUT2D eigenvalue weighted by atomic mass is 16.7. The summed E-state index contributed by atoms with van der Waals surface area (Å²) in [7, 11) is 0. The number of piperidine rings is 1. The van der Waals surface area contributed by atoms with E-state index < -0.39 is 0 Å². The zero-order chi connectivity index (χ0) is 17.4. The molecule has 2 aliphatic heterocycles. The first-order chi connectivity index (χ1) is 12.2. The molecule has 0 radical (unpaired) electrons. The van der Waals surface area contributed by atoms with Crippen LogP contribution in [0.3, 0.4) is 0 Å². The van der Waals surface area contributed by atoms with Gasteiger partial charge >= 0.3 is 5.97 Å². The fourth-order valence-corrected chi connectivity index (χ4v) is 3.53. The molecule has 1 aromatic carbocycles. The van der Waals surface area contributed by atoms with Gasteiger partial charge in [-0.15, -0.1) is 0 Å². The molecule has 0 atom stereocenters. The molecule has 2 aromatic rings. The summed E-state index contributed by atoms with van der Waals surface area (Å²) in [6, 6.07) is 6.05. The molecule has 2 aliphatic rings. The Kier molecular flexibility index (Phi) is 4.11. The smallest absolute Gasteiger partial charge is 0.309 e. The van der Waals surface area contributed by atoms with Gasteiger partial charge in [-0.05, 0) is 44.4 Å². The molecule has 3 heterocycles. The number of hydrogen-bond donors (Lipinski definition) is 0. The fourth-order valence-electron chi connectivity index (χ4n) is 3.53. The minimum atomic E-state index is -0.0717. The topological polar surface area (TPSA) is 60.9 Å². The van der Waals surface area contributed by atoms with Crippen LogP contribution in [0.5, 0.6) is 11.5 Å². The number of benzene rings is 1. The molecule has 0 spiro atoms. The van der Waals surface area contributed by atoms with Crippen molar-refractivity contribution >= 4 is 22.7 Å². The summed E-state index contributed by atoms with van der Waals surface area (Å²) in [6.07, 6.45) is 1.61. The normalized spacial score (nSPS) is 17.1. The van der Waals surface area contributed by atoms with E-state index in [9.17, 15) is 4.79 Å². The molecule has 25 heavy (non-hydrogen) atoms. The van der Waals surface area contributed by atoms with E-state index >= 15 is 0 Å². The van der Waals surface area contributed by atoms with Gasteiger partial charge in [0.15, 0.2) is 11.5 Å². The Balaban J connectivity index is 1.56. The molecule has 0 aliphatic carbocycles. The maximum Gasteiger partial charge on any atom is 0.309 e. The highest BCUT2D eigenvalue weighted by Gasteiger charge is 2.27. The van der Waals surface area contributed by atoms with Gasteiger partial charge in [-0.1, -0.05) is 0 Å². The number of aromatic nitrogens is 1. The average Bonchev–Trinajstić information content (AvgIpc) is 3.08. The Morgan fingerprint density at radius 2 is 1.96 bits per heavy atom. The van der Waals surface area contributed by atoms with Crippen molar-refractivity contribution in [3.63, 3.8) is 0 Å². The third-order valence-electron chi connectivity index (χ3n) is 4.94. The van der Waals surface area contributed by atoms with E-state index in [1.165, 1.54) is 0 Å². The van der Waals surface area contributed by atoms with Crippen LogP contribution < -0.4 is 14.4 Å². The Morgan fingerprint density at radius 1 is 1.24 bits per heavy atom. The monoisotopic (exact) mass is 342 g/mol. The van der Waals surface area contributed by atoms with E-state index in [0.29, 0.717) is 6.61 Å². The molecule has 132 valence electrons. The zero-order valence-electron chi connectivity index (χ0n) is 14.6. The number of pyridine rings is 1. The number of aryl methyl sites for hydroxylation is 1. The van der Waals surface area contributed by atoms with Gasteiger partial charge in [0.05, 0.1) is 18.0 Å². The maximum atomic E-state index is 11.9. The third kappa shape index (κ3) is 2.97. The van der Waals surface area contributed by atoms with E-state index in [2.05, 4.69) is 17.9 Å². The van der Waals surface area contributed by atoms with Crippen molar-refractivity contribution in [2.24, 2.45) is 5.92 Å². The predicted molar refractivity (Wildman–Crippen MR) is 94.2 cm³/mol. The molecule has 6 nitrogen and oxygen atoms in total. The fraction of sp³-hybridized carbons (Fsp3) is 0.474. The largest absolute Gasteiger partial charge is 0.466 e. The van der Waals surface area contributed by atoms with Crippen LogP contribution in [0, 0.1) is 12.8 Å². The first kappa shape index (κ1) is 16.0. The van der Waals surface area contributed by atoms with Gasteiger partial charge in [0.2, 0.25) is 6.79 Å². The van der Waals surface area contributed by atoms with Gasteiger partial charge in [-0.3, -0.25) is 4.79 Å². The zero-order valence-corrected chi connectivity index (χ0v) is 14.6. The molecule has 1 aromatic heterocycles. The minimum absolute atomic E-state index is 0.00608. The second kappa shape index (κ2) is 6.43. The molecule has 0 N–H and O–H groups in total. The van der Waals surface area contributed by atoms with Crippen LogP contribution in [0.1, 0.15) is 25.3 Å². The van der Waals surface area contributed by atoms with Crippen LogP contribution in [0.15, 0.2) is 18.2 Å². The van der Waals surface area contributed by atoms with Crippen molar-refractivity contribution in [3.05, 3.63) is 23.8 Å². The van der Waals surface area contributed by atoms with Gasteiger partial charge < -0.3 is 19.1 Å². The Bertz CT molecular complexity index is 813. The third-order valence-corrected chi connectivity index (χ3v) is 4.94. The summed E-state index contributed by atoms with van der Waals surface area (Å²) in [4.78, 5) is 19.0. The molecule has 0 saturated carbocycles. The summed E-state index contributed by atoms with van der Waals surface area (Å²) in [5.41, 5.74) is 2.07. The highest BCUT2D eigenvalue weighted by Crippen LogP contribution is 2.37. The van der Waals surface area contributed by atoms with Crippen LogP contribution in [-0.2, 0) is 9.53 Å². The SMILES string of the molecule is CCOC(=O)C1CCN(c2cc(C)c3cc4c(cc3n2)OCO4)CC1. The van der Waals surface area contributed by atoms with Gasteiger partial charge in [-0.25, -0.2) is 4.98 Å². The minimum Gasteiger partial charge on any atom is -0.466 e. The van der Waals surface area contributed by atoms with Gasteiger partial charge in [-0.2, -0.15) is 0 Å². The van der Waals surface area contributed by atoms with E-state index in [1.807, 2.05) is 19.1 Å². The molecule has 0 unspecified atom stereocenters. The molecule has 1 saturated heterocycles. The summed E-state index contributed by atoms with van der Waals surface area (Å²) < 4.78 is 16.1. The van der Waals surface area contributed by atoms with Crippen molar-refractivity contribution in [1.29, 1.82) is 0 Å². The second-order valence-electron chi connectivity index (χ2n) is 6.53. The Labute approximate surface area is 146 Å². The van der Waals surface area contributed by atoms with Crippen molar-refractivity contribution in [2.75, 3.05) is 31.4 Å². The number of fused-ring (bicyclic) bond motifs is 2. The molecule has 1 fully saturated rings. The summed E-state index contributed by atoms with van der Waals surface area (Å²) in [5, 5.41) is 1.08. The van der Waals surface area contributed by atoms with E-state index in [1.54, 1.807) is 0 Å². The van der Waals surface area contributed by atoms with Gasteiger partial charge in [0, 0.05) is 24.5 Å². The number of anilines is 1. The van der Waals surface area contributed by atoms with Crippen LogP contribution in [0.2, 0.25) is 0 Å². The average molecular weight is 342 g/mol. The van der Waals surface area contributed by atoms with E-state index in [-0.39, 0.29) is 18.7 Å². The van der Waals surface area contributed by atoms with Crippen LogP contribution >= 0.6 is 0 Å². The van der Waals surface area contributed by atoms with Gasteiger partial charge in [0.25, 0.3) is 0 Å². The first-order valence-electron chi connectivity index (χ1n) is 8.78. The highest BCUT2D eigenvalue weighted by molar-refractivity contribution is 5.87. The molecule has 0 amide bonds. The summed E-state index contributed by atoms with van der Waals surface area (Å²) in [5.74, 6) is 2.41. The first-order valence-corrected chi connectivity index (χ1v) is 8.78. The Morgan fingerprint density at radius 3 is 2.68 bits per heavy atom. The number of carbonyl (C=O) groups excluding carboxylic acids is 1. The van der Waals surface area contributed by atoms with E-state index in [0.717, 1.165) is 59.7 Å². The molecule has 6 heteroatoms. The lowest BCUT2D eigenvalue weighted by Gasteiger charge is -2.32. The van der Waals surface area contributed by atoms with E-state index in [4.69, 9.17) is 19.2 Å². The summed E-state index contributed by atoms with van der Waals surface area (Å²) >= 11 is 0. The molecular weight excluding hydrogens is 320 g/mol. The summed E-state index contributed by atoms with van der Waals surface area (Å²) in [6.45, 7) is 6.26. The standard InChI is InChI=1S/C19H22N2O4/c1-3-23-19(22)13-4-6-21(7-5-13)18-8-12(2)14-9-16-17(25-11-24-16)10-15(14)20-18/h8-10,13H,3-7,11H2,1-2H3. The van der Waals surface area contributed by atoms with Crippen LogP contribution in [0.4, 0.5) is 5.82 Å². The van der Waals surface area contributed by atoms with Crippen molar-refractivity contribution < 1.29 is 19.0 Å². The Hall–Kier alpha value is -2.50. The quantitative estimate of drug-likeness (QED) is 0.799. The lowest BCUT2D eigenvalue weighted by molar-refractivity contribution is -0.148. The number of nitrogens with zero attached hydrogens (tertiary/aromatic N) is 2. The van der Waals surface area contributed by atoms with Crippen molar-refractivity contribution in [2.45, 2.75) is 26.7 Å². The lowest BCUT2D eigenvalue weighted by Crippen LogP contribution is -2.37. The van der Waals surface area contributed by atoms with Crippen LogP contribution in [0.25, 0.3) is 10.9 Å². The molecule has 0 bridgehead atoms. The van der Waals surface area contributed by atoms with Crippen LogP contribution in [-0.4, -0.2) is 37.4 Å². The number of hydrogen-bond acceptors (Lipinski definition) is 6. The van der Waals surface area contributed by atoms with Crippen molar-refractivity contribution in [1.82, 2.24) is 4.98 Å². The number of esters is 1. The number of ether oxygens (including phenoxy) is 3. The molecule has 4 rings (SSSR count). The molecular formula is C19H22N2O4. The lowest BCUT2D eigenvalue weighted by atomic mass is 9.97. The predicted octanol–water partition coefficient (Wildman–Crippen LogP) is 3.05. The number of rotatable bonds is 3. The maximum absolute atomic E-state index is 11.9. The second-order valence-corrected chi connectivity index (χ2v) is 6.53. The number of carbonyl (C=O) groups is 1. The van der Waals surface area contributed by atoms with Gasteiger partial charge in [0.1, 0.15) is 5.82 Å². The van der Waals surface area contributed by atoms with Crippen molar-refractivity contribution in [3.8, 4) is 11.5 Å².